The first-order valence-corrected chi connectivity index (χ1v) is 12.0. The largest absolute Gasteiger partial charge is 0.369 e. The summed E-state index contributed by atoms with van der Waals surface area (Å²) >= 11 is 0.876. The molecule has 10 nitrogen and oxygen atoms in total. The molecule has 0 aliphatic heterocycles. The summed E-state index contributed by atoms with van der Waals surface area (Å²) in [5.41, 5.74) is 13.0. The van der Waals surface area contributed by atoms with Gasteiger partial charge in [0, 0.05) is 37.9 Å². The molecule has 2 aromatic rings. The fourth-order valence-corrected chi connectivity index (χ4v) is 3.93. The molecule has 2 atom stereocenters. The molecule has 0 heterocycles. The van der Waals surface area contributed by atoms with E-state index in [9.17, 15) is 19.2 Å². The van der Waals surface area contributed by atoms with Crippen LogP contribution < -0.4 is 16.8 Å². The number of guanidine groups is 2. The fraction of sp³-hybridized carbons (Fsp3) is 0.280. The second-order valence-electron chi connectivity index (χ2n) is 8.10. The van der Waals surface area contributed by atoms with Crippen molar-refractivity contribution in [3.8, 4) is 0 Å². The molecule has 11 heteroatoms. The number of nitrogens with two attached hydrogens (primary N) is 2. The van der Waals surface area contributed by atoms with Crippen LogP contribution in [0, 0.1) is 0 Å². The zero-order chi connectivity index (χ0) is 26.8. The number of hydrogen-bond acceptors (Lipinski definition) is 5. The van der Waals surface area contributed by atoms with Crippen molar-refractivity contribution in [2.24, 2.45) is 21.5 Å². The molecule has 0 spiro atoms. The van der Waals surface area contributed by atoms with Crippen LogP contribution in [0.25, 0.3) is 0 Å². The molecular weight excluding hydrogens is 480 g/mol. The third kappa shape index (κ3) is 8.35. The minimum atomic E-state index is -1.09. The van der Waals surface area contributed by atoms with Gasteiger partial charge in [0.1, 0.15) is 6.04 Å². The lowest BCUT2D eigenvalue weighted by Gasteiger charge is -2.16. The number of ketones is 1. The number of benzene rings is 2. The van der Waals surface area contributed by atoms with Crippen molar-refractivity contribution in [2.45, 2.75) is 25.8 Å². The molecule has 0 unspecified atom stereocenters. The van der Waals surface area contributed by atoms with Gasteiger partial charge in [0.25, 0.3) is 5.91 Å². The van der Waals surface area contributed by atoms with Gasteiger partial charge in [-0.05, 0) is 11.6 Å². The molecule has 0 aliphatic rings. The molecule has 5 N–H and O–H groups in total. The number of hydrogen-bond donors (Lipinski definition) is 3. The number of aliphatic imine (C=N–C) groups is 2. The molecule has 36 heavy (non-hydrogen) atoms. The highest BCUT2D eigenvalue weighted by Gasteiger charge is 2.24. The Morgan fingerprint density at radius 1 is 0.972 bits per heavy atom. The van der Waals surface area contributed by atoms with E-state index in [1.165, 1.54) is 11.8 Å². The smallest absolute Gasteiger partial charge is 0.272 e. The highest BCUT2D eigenvalue weighted by atomic mass is 32.2. The predicted molar refractivity (Wildman–Crippen MR) is 142 cm³/mol. The summed E-state index contributed by atoms with van der Waals surface area (Å²) in [6.07, 6.45) is 0. The zero-order valence-electron chi connectivity index (χ0n) is 20.6. The SMILES string of the molecule is CC(=O)N[C@@H](CSC(=O)[C@H](C)c1cccc(C(=O)c2ccccc2)c1)C(=O)N=C(N)N=C(N)N(C)C. The van der Waals surface area contributed by atoms with E-state index in [-0.39, 0.29) is 28.6 Å². The fourth-order valence-electron chi connectivity index (χ4n) is 2.99. The Morgan fingerprint density at radius 3 is 2.22 bits per heavy atom. The van der Waals surface area contributed by atoms with Gasteiger partial charge in [-0.15, -0.1) is 0 Å². The summed E-state index contributed by atoms with van der Waals surface area (Å²) in [5, 5.41) is 2.24. The normalized spacial score (nSPS) is 13.4. The van der Waals surface area contributed by atoms with E-state index >= 15 is 0 Å². The third-order valence-corrected chi connectivity index (χ3v) is 6.16. The first-order valence-electron chi connectivity index (χ1n) is 11.0. The number of nitrogens with zero attached hydrogens (tertiary/aromatic N) is 3. The van der Waals surface area contributed by atoms with Crippen LogP contribution in [0.2, 0.25) is 0 Å². The summed E-state index contributed by atoms with van der Waals surface area (Å²) in [7, 11) is 3.29. The second kappa shape index (κ2) is 13.2. The van der Waals surface area contributed by atoms with Crippen LogP contribution in [0.15, 0.2) is 64.6 Å². The van der Waals surface area contributed by atoms with Gasteiger partial charge in [0.15, 0.2) is 16.9 Å². The molecule has 0 saturated carbocycles. The molecule has 0 fully saturated rings. The molecule has 0 radical (unpaired) electrons. The number of carbonyl (C=O) groups excluding carboxylic acids is 4. The van der Waals surface area contributed by atoms with Gasteiger partial charge in [-0.2, -0.15) is 9.98 Å². The minimum absolute atomic E-state index is 0.0477. The monoisotopic (exact) mass is 510 g/mol. The van der Waals surface area contributed by atoms with Gasteiger partial charge in [-0.1, -0.05) is 67.2 Å². The van der Waals surface area contributed by atoms with Crippen LogP contribution in [0.3, 0.4) is 0 Å². The molecule has 2 rings (SSSR count). The van der Waals surface area contributed by atoms with E-state index in [0.717, 1.165) is 11.8 Å². The topological polar surface area (TPSA) is 160 Å². The summed E-state index contributed by atoms with van der Waals surface area (Å²) in [6.45, 7) is 2.96. The highest BCUT2D eigenvalue weighted by Crippen LogP contribution is 2.24. The van der Waals surface area contributed by atoms with Crippen molar-refractivity contribution in [3.63, 3.8) is 0 Å². The molecule has 190 valence electrons. The van der Waals surface area contributed by atoms with E-state index in [1.54, 1.807) is 69.6 Å². The second-order valence-corrected chi connectivity index (χ2v) is 9.12. The first-order chi connectivity index (χ1) is 17.0. The Bertz CT molecular complexity index is 1180. The van der Waals surface area contributed by atoms with Crippen LogP contribution in [-0.2, 0) is 14.4 Å². The highest BCUT2D eigenvalue weighted by molar-refractivity contribution is 8.13. The third-order valence-electron chi connectivity index (χ3n) is 5.02. The van der Waals surface area contributed by atoms with E-state index in [4.69, 9.17) is 11.5 Å². The molecular formula is C25H30N6O4S. The molecule has 2 aromatic carbocycles. The van der Waals surface area contributed by atoms with Crippen molar-refractivity contribution < 1.29 is 19.2 Å². The average Bonchev–Trinajstić information content (AvgIpc) is 2.85. The number of nitrogens with one attached hydrogen (secondary N) is 1. The number of rotatable bonds is 8. The number of carbonyl (C=O) groups is 4. The van der Waals surface area contributed by atoms with E-state index < -0.39 is 23.8 Å². The van der Waals surface area contributed by atoms with Gasteiger partial charge in [0.2, 0.25) is 11.9 Å². The van der Waals surface area contributed by atoms with Crippen LogP contribution in [0.4, 0.5) is 0 Å². The van der Waals surface area contributed by atoms with E-state index in [0.29, 0.717) is 16.7 Å². The molecule has 2 amide bonds. The van der Waals surface area contributed by atoms with Gasteiger partial charge >= 0.3 is 0 Å². The van der Waals surface area contributed by atoms with E-state index in [1.807, 2.05) is 6.07 Å². The standard InChI is InChI=1S/C25H30N6O4S/c1-15(18-11-8-12-19(13-18)21(33)17-9-6-5-7-10-17)23(35)36-14-20(28-16(2)32)22(34)29-24(26)30-25(27)31(3)4/h5-13,15,20H,14H2,1-4H3,(H,28,32)(H4,26,27,29,30,34)/t15-,20+/m1/s1. The van der Waals surface area contributed by atoms with Crippen LogP contribution >= 0.6 is 11.8 Å². The van der Waals surface area contributed by atoms with Gasteiger partial charge in [0.05, 0.1) is 5.92 Å². The van der Waals surface area contributed by atoms with Crippen molar-refractivity contribution in [2.75, 3.05) is 19.8 Å². The summed E-state index contributed by atoms with van der Waals surface area (Å²) in [5.74, 6) is -2.32. The van der Waals surface area contributed by atoms with Crippen molar-refractivity contribution >= 4 is 46.4 Å². The summed E-state index contributed by atoms with van der Waals surface area (Å²) < 4.78 is 0. The Kier molecular flexibility index (Phi) is 10.4. The maximum atomic E-state index is 12.9. The molecule has 0 aliphatic carbocycles. The first kappa shape index (κ1) is 28.2. The zero-order valence-corrected chi connectivity index (χ0v) is 21.4. The van der Waals surface area contributed by atoms with Crippen LogP contribution in [0.5, 0.6) is 0 Å². The van der Waals surface area contributed by atoms with Crippen molar-refractivity contribution in [1.29, 1.82) is 0 Å². The van der Waals surface area contributed by atoms with Gasteiger partial charge in [-0.3, -0.25) is 19.2 Å². The van der Waals surface area contributed by atoms with Crippen molar-refractivity contribution in [1.82, 2.24) is 10.2 Å². The lowest BCUT2D eigenvalue weighted by atomic mass is 9.96. The molecule has 0 aromatic heterocycles. The predicted octanol–water partition coefficient (Wildman–Crippen LogP) is 1.50. The Labute approximate surface area is 214 Å². The van der Waals surface area contributed by atoms with Gasteiger partial charge < -0.3 is 21.7 Å². The maximum absolute atomic E-state index is 12.9. The molecule has 0 saturated heterocycles. The van der Waals surface area contributed by atoms with E-state index in [2.05, 4.69) is 15.3 Å². The molecule has 0 bridgehead atoms. The summed E-state index contributed by atoms with van der Waals surface area (Å²) in [6, 6.07) is 14.6. The number of thioether (sulfide) groups is 1. The maximum Gasteiger partial charge on any atom is 0.272 e. The lowest BCUT2D eigenvalue weighted by Crippen LogP contribution is -2.42. The van der Waals surface area contributed by atoms with Crippen LogP contribution in [-0.4, -0.2) is 65.4 Å². The Morgan fingerprint density at radius 2 is 1.61 bits per heavy atom. The number of amides is 2. The van der Waals surface area contributed by atoms with Crippen LogP contribution in [0.1, 0.15) is 41.3 Å². The lowest BCUT2D eigenvalue weighted by molar-refractivity contribution is -0.125. The Balaban J connectivity index is 2.11. The van der Waals surface area contributed by atoms with Crippen molar-refractivity contribution in [3.05, 3.63) is 71.3 Å². The minimum Gasteiger partial charge on any atom is -0.369 e. The average molecular weight is 511 g/mol. The Hall–Kier alpha value is -3.99. The quantitative estimate of drug-likeness (QED) is 0.274. The van der Waals surface area contributed by atoms with Gasteiger partial charge in [-0.25, -0.2) is 0 Å². The summed E-state index contributed by atoms with van der Waals surface area (Å²) in [4.78, 5) is 58.8.